The molecule has 1 amide bonds. The van der Waals surface area contributed by atoms with Gasteiger partial charge in [-0.2, -0.15) is 0 Å². The van der Waals surface area contributed by atoms with Crippen LogP contribution in [0.4, 0.5) is 4.39 Å². The van der Waals surface area contributed by atoms with E-state index in [2.05, 4.69) is 12.2 Å². The van der Waals surface area contributed by atoms with Gasteiger partial charge in [-0.15, -0.1) is 0 Å². The molecule has 1 atom stereocenters. The summed E-state index contributed by atoms with van der Waals surface area (Å²) in [6, 6.07) is 14.0. The highest BCUT2D eigenvalue weighted by Gasteiger charge is 2.11. The third-order valence-electron chi connectivity index (χ3n) is 3.46. The van der Waals surface area contributed by atoms with Crippen LogP contribution in [0.2, 0.25) is 0 Å². The van der Waals surface area contributed by atoms with Crippen molar-refractivity contribution in [3.05, 3.63) is 65.5 Å². The van der Waals surface area contributed by atoms with Crippen LogP contribution in [0.25, 0.3) is 0 Å². The number of hydrogen-bond acceptors (Lipinski definition) is 2. The Bertz CT molecular complexity index is 625. The second-order valence-electron chi connectivity index (χ2n) is 5.10. The molecular formula is C18H20FNO2. The average molecular weight is 301 g/mol. The quantitative estimate of drug-likeness (QED) is 0.884. The Morgan fingerprint density at radius 3 is 2.50 bits per heavy atom. The summed E-state index contributed by atoms with van der Waals surface area (Å²) in [6.45, 7) is 3.79. The van der Waals surface area contributed by atoms with Gasteiger partial charge in [0, 0.05) is 0 Å². The lowest BCUT2D eigenvalue weighted by Gasteiger charge is -2.15. The molecule has 0 unspecified atom stereocenters. The zero-order chi connectivity index (χ0) is 15.9. The molecule has 0 aliphatic carbocycles. The monoisotopic (exact) mass is 301 g/mol. The van der Waals surface area contributed by atoms with Crippen LogP contribution in [-0.2, 0) is 11.2 Å². The predicted octanol–water partition coefficient (Wildman–Crippen LogP) is 3.64. The fraction of sp³-hybridized carbons (Fsp3) is 0.278. The van der Waals surface area contributed by atoms with Gasteiger partial charge in [-0.3, -0.25) is 4.79 Å². The Morgan fingerprint density at radius 1 is 1.18 bits per heavy atom. The lowest BCUT2D eigenvalue weighted by molar-refractivity contribution is -0.123. The van der Waals surface area contributed by atoms with E-state index in [0.717, 1.165) is 12.0 Å². The summed E-state index contributed by atoms with van der Waals surface area (Å²) in [5.41, 5.74) is 2.28. The summed E-state index contributed by atoms with van der Waals surface area (Å²) in [4.78, 5) is 11.9. The molecule has 22 heavy (non-hydrogen) atoms. The van der Waals surface area contributed by atoms with Gasteiger partial charge in [-0.25, -0.2) is 4.39 Å². The van der Waals surface area contributed by atoms with Crippen LogP contribution in [0.1, 0.15) is 31.0 Å². The van der Waals surface area contributed by atoms with Gasteiger partial charge in [-0.05, 0) is 36.6 Å². The normalized spacial score (nSPS) is 11.8. The van der Waals surface area contributed by atoms with Crippen molar-refractivity contribution in [3.8, 4) is 5.75 Å². The smallest absolute Gasteiger partial charge is 0.258 e. The molecular weight excluding hydrogens is 281 g/mol. The largest absolute Gasteiger partial charge is 0.481 e. The number of para-hydroxylation sites is 1. The molecule has 0 saturated heterocycles. The average Bonchev–Trinajstić information content (AvgIpc) is 2.54. The van der Waals surface area contributed by atoms with Crippen molar-refractivity contribution in [1.29, 1.82) is 0 Å². The molecule has 2 aromatic rings. The maximum atomic E-state index is 13.4. The van der Waals surface area contributed by atoms with Crippen LogP contribution >= 0.6 is 0 Å². The molecule has 0 heterocycles. The fourth-order valence-corrected chi connectivity index (χ4v) is 2.11. The molecule has 0 aliphatic heterocycles. The Morgan fingerprint density at radius 2 is 1.86 bits per heavy atom. The van der Waals surface area contributed by atoms with E-state index in [1.165, 1.54) is 17.7 Å². The number of aryl methyl sites for hydroxylation is 1. The number of ether oxygens (including phenoxy) is 1. The first-order chi connectivity index (χ1) is 10.6. The maximum absolute atomic E-state index is 13.4. The van der Waals surface area contributed by atoms with E-state index in [1.54, 1.807) is 12.1 Å². The van der Waals surface area contributed by atoms with E-state index >= 15 is 0 Å². The molecule has 4 heteroatoms. The minimum atomic E-state index is -0.474. The van der Waals surface area contributed by atoms with Crippen molar-refractivity contribution in [3.63, 3.8) is 0 Å². The minimum absolute atomic E-state index is 0.0811. The second kappa shape index (κ2) is 7.59. The highest BCUT2D eigenvalue weighted by atomic mass is 19.1. The zero-order valence-electron chi connectivity index (χ0n) is 12.8. The molecule has 2 aromatic carbocycles. The standard InChI is InChI=1S/C18H20FNO2/c1-3-14-8-10-15(11-9-14)13(2)20-18(21)12-22-17-7-5-4-6-16(17)19/h4-11,13H,3,12H2,1-2H3,(H,20,21)/t13-/m1/s1. The van der Waals surface area contributed by atoms with Crippen LogP contribution in [0.3, 0.4) is 0 Å². The van der Waals surface area contributed by atoms with Gasteiger partial charge in [0.1, 0.15) is 0 Å². The molecule has 0 bridgehead atoms. The van der Waals surface area contributed by atoms with E-state index in [-0.39, 0.29) is 24.3 Å². The Balaban J connectivity index is 1.87. The molecule has 116 valence electrons. The number of rotatable bonds is 6. The van der Waals surface area contributed by atoms with Crippen molar-refractivity contribution in [2.75, 3.05) is 6.61 Å². The van der Waals surface area contributed by atoms with E-state index in [0.29, 0.717) is 0 Å². The van der Waals surface area contributed by atoms with E-state index < -0.39 is 5.82 Å². The van der Waals surface area contributed by atoms with Gasteiger partial charge in [0.15, 0.2) is 18.2 Å². The zero-order valence-corrected chi connectivity index (χ0v) is 12.8. The highest BCUT2D eigenvalue weighted by molar-refractivity contribution is 5.78. The molecule has 0 saturated carbocycles. The second-order valence-corrected chi connectivity index (χ2v) is 5.10. The van der Waals surface area contributed by atoms with E-state index in [1.807, 2.05) is 31.2 Å². The predicted molar refractivity (Wildman–Crippen MR) is 84.3 cm³/mol. The van der Waals surface area contributed by atoms with Crippen molar-refractivity contribution in [2.45, 2.75) is 26.3 Å². The van der Waals surface area contributed by atoms with E-state index in [4.69, 9.17) is 4.74 Å². The summed E-state index contributed by atoms with van der Waals surface area (Å²) in [7, 11) is 0. The number of amides is 1. The molecule has 0 spiro atoms. The van der Waals surface area contributed by atoms with Gasteiger partial charge in [0.2, 0.25) is 0 Å². The first-order valence-electron chi connectivity index (χ1n) is 7.35. The van der Waals surface area contributed by atoms with Crippen LogP contribution in [0.5, 0.6) is 5.75 Å². The third-order valence-corrected chi connectivity index (χ3v) is 3.46. The Labute approximate surface area is 130 Å². The lowest BCUT2D eigenvalue weighted by atomic mass is 10.1. The Kier molecular flexibility index (Phi) is 5.53. The first kappa shape index (κ1) is 16.0. The summed E-state index contributed by atoms with van der Waals surface area (Å²) in [6.07, 6.45) is 0.984. The van der Waals surface area contributed by atoms with Crippen LogP contribution in [0, 0.1) is 5.82 Å². The number of benzene rings is 2. The summed E-state index contributed by atoms with van der Waals surface area (Å²) in [5, 5.41) is 2.84. The molecule has 2 rings (SSSR count). The van der Waals surface area contributed by atoms with Crippen LogP contribution in [0.15, 0.2) is 48.5 Å². The molecule has 3 nitrogen and oxygen atoms in total. The number of carbonyl (C=O) groups excluding carboxylic acids is 1. The molecule has 0 aliphatic rings. The van der Waals surface area contributed by atoms with Crippen molar-refractivity contribution in [2.24, 2.45) is 0 Å². The van der Waals surface area contributed by atoms with Gasteiger partial charge in [0.05, 0.1) is 6.04 Å². The van der Waals surface area contributed by atoms with Crippen molar-refractivity contribution >= 4 is 5.91 Å². The number of hydrogen-bond donors (Lipinski definition) is 1. The molecule has 0 fully saturated rings. The maximum Gasteiger partial charge on any atom is 0.258 e. The van der Waals surface area contributed by atoms with E-state index in [9.17, 15) is 9.18 Å². The first-order valence-corrected chi connectivity index (χ1v) is 7.35. The van der Waals surface area contributed by atoms with Crippen molar-refractivity contribution < 1.29 is 13.9 Å². The highest BCUT2D eigenvalue weighted by Crippen LogP contribution is 2.16. The third kappa shape index (κ3) is 4.32. The fourth-order valence-electron chi connectivity index (χ4n) is 2.11. The van der Waals surface area contributed by atoms with Crippen LogP contribution < -0.4 is 10.1 Å². The number of halogens is 1. The number of nitrogens with one attached hydrogen (secondary N) is 1. The SMILES string of the molecule is CCc1ccc([C@@H](C)NC(=O)COc2ccccc2F)cc1. The van der Waals surface area contributed by atoms with Gasteiger partial charge < -0.3 is 10.1 Å². The Hall–Kier alpha value is -2.36. The minimum Gasteiger partial charge on any atom is -0.481 e. The topological polar surface area (TPSA) is 38.3 Å². The summed E-state index contributed by atoms with van der Waals surface area (Å²) >= 11 is 0. The van der Waals surface area contributed by atoms with Crippen molar-refractivity contribution in [1.82, 2.24) is 5.32 Å². The van der Waals surface area contributed by atoms with Gasteiger partial charge in [0.25, 0.3) is 5.91 Å². The molecule has 1 N–H and O–H groups in total. The summed E-state index contributed by atoms with van der Waals surface area (Å²) in [5.74, 6) is -0.675. The van der Waals surface area contributed by atoms with Gasteiger partial charge >= 0.3 is 0 Å². The molecule has 0 radical (unpaired) electrons. The van der Waals surface area contributed by atoms with Crippen LogP contribution in [-0.4, -0.2) is 12.5 Å². The number of carbonyl (C=O) groups is 1. The summed E-state index contributed by atoms with van der Waals surface area (Å²) < 4.78 is 18.6. The lowest BCUT2D eigenvalue weighted by Crippen LogP contribution is -2.31. The molecule has 0 aromatic heterocycles. The van der Waals surface area contributed by atoms with Gasteiger partial charge in [-0.1, -0.05) is 43.3 Å².